The Bertz CT molecular complexity index is 406. The maximum absolute atomic E-state index is 12.5. The van der Waals surface area contributed by atoms with Gasteiger partial charge < -0.3 is 4.74 Å². The van der Waals surface area contributed by atoms with Gasteiger partial charge in [0.2, 0.25) is 0 Å². The first-order valence-electron chi connectivity index (χ1n) is 4.26. The number of aromatic nitrogens is 1. The lowest BCUT2D eigenvalue weighted by Gasteiger charge is -2.10. The fourth-order valence-electron chi connectivity index (χ4n) is 1.00. The lowest BCUT2D eigenvalue weighted by Crippen LogP contribution is -2.15. The second-order valence-electron chi connectivity index (χ2n) is 2.74. The minimum Gasteiger partial charge on any atom is -0.461 e. The molecule has 0 saturated carbocycles. The van der Waals surface area contributed by atoms with Crippen molar-refractivity contribution in [3.8, 4) is 0 Å². The van der Waals surface area contributed by atoms with Crippen LogP contribution < -0.4 is 0 Å². The molecule has 1 aromatic heterocycles. The van der Waals surface area contributed by atoms with E-state index in [2.05, 4.69) is 9.72 Å². The molecule has 1 heterocycles. The Kier molecular flexibility index (Phi) is 4.11. The van der Waals surface area contributed by atoms with E-state index in [-0.39, 0.29) is 15.9 Å². The number of esters is 1. The number of hydrogen-bond donors (Lipinski definition) is 0. The van der Waals surface area contributed by atoms with Crippen molar-refractivity contribution in [2.45, 2.75) is 13.1 Å². The maximum Gasteiger partial charge on any atom is 0.417 e. The number of rotatable bonds is 2. The molecule has 0 fully saturated rings. The van der Waals surface area contributed by atoms with Crippen molar-refractivity contribution in [1.82, 2.24) is 4.98 Å². The lowest BCUT2D eigenvalue weighted by molar-refractivity contribution is -0.138. The quantitative estimate of drug-likeness (QED) is 0.611. The molecule has 0 bridgehead atoms. The molecule has 0 radical (unpaired) electrons. The minimum atomic E-state index is -4.50. The number of carbonyl (C=O) groups is 1. The van der Waals surface area contributed by atoms with Gasteiger partial charge in [-0.1, -0.05) is 0 Å². The van der Waals surface area contributed by atoms with Crippen molar-refractivity contribution in [2.24, 2.45) is 0 Å². The first kappa shape index (κ1) is 13.2. The molecule has 7 heteroatoms. The van der Waals surface area contributed by atoms with Gasteiger partial charge in [0.1, 0.15) is 0 Å². The lowest BCUT2D eigenvalue weighted by atomic mass is 10.2. The number of pyridine rings is 1. The normalized spacial score (nSPS) is 11.3. The number of alkyl halides is 3. The van der Waals surface area contributed by atoms with Gasteiger partial charge in [0.15, 0.2) is 5.69 Å². The highest BCUT2D eigenvalue weighted by molar-refractivity contribution is 14.1. The second-order valence-corrected chi connectivity index (χ2v) is 3.82. The summed E-state index contributed by atoms with van der Waals surface area (Å²) in [6, 6.07) is 0.824. The van der Waals surface area contributed by atoms with Crippen molar-refractivity contribution in [2.75, 3.05) is 6.61 Å². The van der Waals surface area contributed by atoms with E-state index >= 15 is 0 Å². The third-order valence-corrected chi connectivity index (χ3v) is 2.76. The van der Waals surface area contributed by atoms with E-state index in [9.17, 15) is 18.0 Å². The van der Waals surface area contributed by atoms with Gasteiger partial charge in [0, 0.05) is 6.20 Å². The van der Waals surface area contributed by atoms with Crippen molar-refractivity contribution < 1.29 is 22.7 Å². The largest absolute Gasteiger partial charge is 0.461 e. The molecule has 0 atom stereocenters. The predicted octanol–water partition coefficient (Wildman–Crippen LogP) is 2.88. The highest BCUT2D eigenvalue weighted by atomic mass is 127. The number of nitrogens with zero attached hydrogens (tertiary/aromatic N) is 1. The minimum absolute atomic E-state index is 0.0901. The zero-order valence-corrected chi connectivity index (χ0v) is 10.3. The molecule has 88 valence electrons. The highest BCUT2D eigenvalue weighted by Gasteiger charge is 2.35. The van der Waals surface area contributed by atoms with Crippen molar-refractivity contribution in [3.05, 3.63) is 27.1 Å². The van der Waals surface area contributed by atoms with E-state index in [1.165, 1.54) is 22.6 Å². The molecule has 0 aliphatic heterocycles. The van der Waals surface area contributed by atoms with Crippen LogP contribution in [0.1, 0.15) is 23.0 Å². The predicted molar refractivity (Wildman–Crippen MR) is 57.9 cm³/mol. The molecule has 1 aromatic rings. The van der Waals surface area contributed by atoms with E-state index < -0.39 is 17.7 Å². The van der Waals surface area contributed by atoms with Crippen LogP contribution >= 0.6 is 22.6 Å². The zero-order chi connectivity index (χ0) is 12.3. The van der Waals surface area contributed by atoms with Crippen LogP contribution in [0.3, 0.4) is 0 Å². The zero-order valence-electron chi connectivity index (χ0n) is 8.14. The van der Waals surface area contributed by atoms with E-state index in [1.54, 1.807) is 6.92 Å². The summed E-state index contributed by atoms with van der Waals surface area (Å²) in [6.45, 7) is 1.66. The topological polar surface area (TPSA) is 39.2 Å². The van der Waals surface area contributed by atoms with E-state index in [1.807, 2.05) is 0 Å². The Hall–Kier alpha value is -0.860. The van der Waals surface area contributed by atoms with Gasteiger partial charge in [0.05, 0.1) is 15.7 Å². The number of halogens is 4. The first-order chi connectivity index (χ1) is 7.38. The molecule has 0 N–H and O–H groups in total. The smallest absolute Gasteiger partial charge is 0.417 e. The van der Waals surface area contributed by atoms with Gasteiger partial charge in [-0.15, -0.1) is 0 Å². The molecule has 0 aliphatic carbocycles. The monoisotopic (exact) mass is 345 g/mol. The summed E-state index contributed by atoms with van der Waals surface area (Å²) in [5, 5.41) is 0. The number of hydrogen-bond acceptors (Lipinski definition) is 3. The Morgan fingerprint density at radius 2 is 2.19 bits per heavy atom. The van der Waals surface area contributed by atoms with Crippen LogP contribution in [-0.2, 0) is 10.9 Å². The molecule has 3 nitrogen and oxygen atoms in total. The summed E-state index contributed by atoms with van der Waals surface area (Å²) >= 11 is 1.44. The number of ether oxygens (including phenoxy) is 1. The molecule has 0 aliphatic rings. The number of carbonyl (C=O) groups excluding carboxylic acids is 1. The van der Waals surface area contributed by atoms with Crippen LogP contribution in [-0.4, -0.2) is 17.6 Å². The third kappa shape index (κ3) is 2.83. The maximum atomic E-state index is 12.5. The van der Waals surface area contributed by atoms with Crippen LogP contribution in [0, 0.1) is 3.57 Å². The SMILES string of the molecule is CCOC(=O)c1nccc(C(F)(F)F)c1I. The average Bonchev–Trinajstić information content (AvgIpc) is 2.16. The van der Waals surface area contributed by atoms with Crippen LogP contribution in [0.5, 0.6) is 0 Å². The Labute approximate surface area is 103 Å². The van der Waals surface area contributed by atoms with Crippen molar-refractivity contribution in [3.63, 3.8) is 0 Å². The summed E-state index contributed by atoms with van der Waals surface area (Å²) in [7, 11) is 0. The van der Waals surface area contributed by atoms with Crippen LogP contribution in [0.15, 0.2) is 12.3 Å². The van der Waals surface area contributed by atoms with Gasteiger partial charge in [0.25, 0.3) is 0 Å². The Morgan fingerprint density at radius 3 is 2.69 bits per heavy atom. The molecule has 0 unspecified atom stereocenters. The van der Waals surface area contributed by atoms with E-state index in [0.29, 0.717) is 0 Å². The fourth-order valence-corrected chi connectivity index (χ4v) is 1.85. The molecule has 0 saturated heterocycles. The van der Waals surface area contributed by atoms with Gasteiger partial charge in [-0.25, -0.2) is 9.78 Å². The standard InChI is InChI=1S/C9H7F3INO2/c1-2-16-8(15)7-6(13)5(3-4-14-7)9(10,11)12/h3-4H,2H2,1H3. The average molecular weight is 345 g/mol. The van der Waals surface area contributed by atoms with Crippen LogP contribution in [0.2, 0.25) is 0 Å². The molecule has 16 heavy (non-hydrogen) atoms. The summed E-state index contributed by atoms with van der Waals surface area (Å²) in [5.74, 6) is -0.849. The van der Waals surface area contributed by atoms with Gasteiger partial charge in [-0.3, -0.25) is 0 Å². The molecule has 0 spiro atoms. The highest BCUT2D eigenvalue weighted by Crippen LogP contribution is 2.33. The second kappa shape index (κ2) is 4.98. The fraction of sp³-hybridized carbons (Fsp3) is 0.333. The summed E-state index contributed by atoms with van der Waals surface area (Å²) < 4.78 is 41.8. The summed E-state index contributed by atoms with van der Waals surface area (Å²) in [4.78, 5) is 14.9. The molecular weight excluding hydrogens is 338 g/mol. The molecular formula is C9H7F3INO2. The molecule has 0 amide bonds. The van der Waals surface area contributed by atoms with Crippen LogP contribution in [0.25, 0.3) is 0 Å². The van der Waals surface area contributed by atoms with Crippen molar-refractivity contribution >= 4 is 28.6 Å². The van der Waals surface area contributed by atoms with Gasteiger partial charge >= 0.3 is 12.1 Å². The summed E-state index contributed by atoms with van der Waals surface area (Å²) in [6.07, 6.45) is -3.56. The molecule has 0 aromatic carbocycles. The van der Waals surface area contributed by atoms with Crippen molar-refractivity contribution in [1.29, 1.82) is 0 Å². The van der Waals surface area contributed by atoms with Gasteiger partial charge in [-0.2, -0.15) is 13.2 Å². The molecule has 1 rings (SSSR count). The van der Waals surface area contributed by atoms with Crippen LogP contribution in [0.4, 0.5) is 13.2 Å². The van der Waals surface area contributed by atoms with Gasteiger partial charge in [-0.05, 0) is 35.6 Å². The van der Waals surface area contributed by atoms with E-state index in [0.717, 1.165) is 12.3 Å². The van der Waals surface area contributed by atoms with E-state index in [4.69, 9.17) is 0 Å². The Morgan fingerprint density at radius 1 is 1.56 bits per heavy atom. The Balaban J connectivity index is 3.19. The summed E-state index contributed by atoms with van der Waals surface area (Å²) in [5.41, 5.74) is -1.19. The third-order valence-electron chi connectivity index (χ3n) is 1.66. The first-order valence-corrected chi connectivity index (χ1v) is 5.34.